The Morgan fingerprint density at radius 1 is 0.949 bits per heavy atom. The van der Waals surface area contributed by atoms with Gasteiger partial charge in [-0.05, 0) is 24.5 Å². The van der Waals surface area contributed by atoms with Gasteiger partial charge in [0.1, 0.15) is 0 Å². The maximum atomic E-state index is 10.6. The molecule has 2 saturated heterocycles. The second-order valence-corrected chi connectivity index (χ2v) is 9.01. The molecule has 4 heterocycles. The number of nitrogens with zero attached hydrogens (tertiary/aromatic N) is 5. The standard InChI is InChI=1S/C19H27N5O.2C2HF3O2/c1-22-13-18(12-21-22)15-23-7-4-19(5-8-23)16-24(9-10-25-19)14-17-3-2-6-20-11-17;2*3-2(4,5)1(6)7/h2-3,6,11-13H,4-5,7-10,14-16H2,1H3;2*(H,6,7). The Morgan fingerprint density at radius 3 is 1.97 bits per heavy atom. The highest BCUT2D eigenvalue weighted by atomic mass is 19.4. The summed E-state index contributed by atoms with van der Waals surface area (Å²) in [5.74, 6) is -5.51. The van der Waals surface area contributed by atoms with Crippen LogP contribution in [0.15, 0.2) is 36.9 Å². The number of alkyl halides is 6. The van der Waals surface area contributed by atoms with Crippen molar-refractivity contribution in [2.24, 2.45) is 7.05 Å². The number of hydrogen-bond donors (Lipinski definition) is 2. The second-order valence-electron chi connectivity index (χ2n) is 9.01. The third-order valence-electron chi connectivity index (χ3n) is 5.87. The van der Waals surface area contributed by atoms with E-state index in [0.29, 0.717) is 0 Å². The lowest BCUT2D eigenvalue weighted by Gasteiger charge is -2.47. The molecule has 2 N–H and O–H groups in total. The second kappa shape index (κ2) is 13.7. The van der Waals surface area contributed by atoms with Crippen molar-refractivity contribution < 1.29 is 50.9 Å². The lowest BCUT2D eigenvalue weighted by atomic mass is 9.89. The van der Waals surface area contributed by atoms with Gasteiger partial charge in [-0.25, -0.2) is 9.59 Å². The third kappa shape index (κ3) is 11.2. The van der Waals surface area contributed by atoms with Gasteiger partial charge in [0, 0.05) is 70.5 Å². The number of carboxylic acid groups (broad SMARTS) is 2. The number of pyridine rings is 1. The summed E-state index contributed by atoms with van der Waals surface area (Å²) in [5.41, 5.74) is 2.61. The number of piperidine rings is 1. The topological polar surface area (TPSA) is 121 Å². The number of aliphatic carboxylic acids is 2. The maximum absolute atomic E-state index is 10.6. The van der Waals surface area contributed by atoms with E-state index in [1.807, 2.05) is 36.4 Å². The molecule has 10 nitrogen and oxygen atoms in total. The molecule has 218 valence electrons. The molecular weight excluding hydrogens is 540 g/mol. The molecule has 4 rings (SSSR count). The van der Waals surface area contributed by atoms with E-state index >= 15 is 0 Å². The van der Waals surface area contributed by atoms with Crippen LogP contribution >= 0.6 is 0 Å². The highest BCUT2D eigenvalue weighted by molar-refractivity contribution is 5.73. The molecule has 2 aliphatic rings. The van der Waals surface area contributed by atoms with Crippen molar-refractivity contribution in [3.8, 4) is 0 Å². The number of halogens is 6. The van der Waals surface area contributed by atoms with E-state index in [2.05, 4.69) is 32.1 Å². The maximum Gasteiger partial charge on any atom is 0.490 e. The Bertz CT molecular complexity index is 1030. The normalized spacial score (nSPS) is 17.9. The number of aryl methyl sites for hydroxylation is 1. The van der Waals surface area contributed by atoms with Crippen molar-refractivity contribution in [3.05, 3.63) is 48.0 Å². The van der Waals surface area contributed by atoms with Gasteiger partial charge in [0.15, 0.2) is 0 Å². The van der Waals surface area contributed by atoms with Crippen molar-refractivity contribution in [2.75, 3.05) is 32.8 Å². The van der Waals surface area contributed by atoms with Gasteiger partial charge < -0.3 is 14.9 Å². The highest BCUT2D eigenvalue weighted by Crippen LogP contribution is 2.31. The first-order valence-electron chi connectivity index (χ1n) is 11.6. The summed E-state index contributed by atoms with van der Waals surface area (Å²) < 4.78 is 71.6. The molecule has 0 radical (unpaired) electrons. The molecule has 1 spiro atoms. The Balaban J connectivity index is 0.000000317. The lowest BCUT2D eigenvalue weighted by molar-refractivity contribution is -0.193. The summed E-state index contributed by atoms with van der Waals surface area (Å²) in [6.07, 6.45) is -0.0667. The zero-order valence-corrected chi connectivity index (χ0v) is 21.0. The quantitative estimate of drug-likeness (QED) is 0.536. The third-order valence-corrected chi connectivity index (χ3v) is 5.87. The van der Waals surface area contributed by atoms with Crippen LogP contribution in [0, 0.1) is 0 Å². The zero-order chi connectivity index (χ0) is 29.3. The number of hydrogen-bond acceptors (Lipinski definition) is 7. The van der Waals surface area contributed by atoms with Gasteiger partial charge in [-0.2, -0.15) is 31.4 Å². The van der Waals surface area contributed by atoms with E-state index < -0.39 is 24.3 Å². The number of ether oxygens (including phenoxy) is 1. The van der Waals surface area contributed by atoms with E-state index in [1.54, 1.807) is 0 Å². The van der Waals surface area contributed by atoms with Crippen molar-refractivity contribution in [3.63, 3.8) is 0 Å². The molecule has 0 bridgehead atoms. The summed E-state index contributed by atoms with van der Waals surface area (Å²) in [6, 6.07) is 4.17. The predicted octanol–water partition coefficient (Wildman–Crippen LogP) is 2.95. The first-order chi connectivity index (χ1) is 18.1. The van der Waals surface area contributed by atoms with Crippen molar-refractivity contribution in [1.82, 2.24) is 24.6 Å². The Labute approximate surface area is 219 Å². The number of carboxylic acids is 2. The van der Waals surface area contributed by atoms with Crippen LogP contribution in [0.2, 0.25) is 0 Å². The lowest BCUT2D eigenvalue weighted by Crippen LogP contribution is -2.56. The average molecular weight is 570 g/mol. The Hall–Kier alpha value is -3.24. The molecule has 0 saturated carbocycles. The van der Waals surface area contributed by atoms with Gasteiger partial charge in [0.2, 0.25) is 0 Å². The molecule has 0 aliphatic carbocycles. The number of aromatic nitrogens is 3. The van der Waals surface area contributed by atoms with Crippen molar-refractivity contribution in [2.45, 2.75) is 43.9 Å². The molecule has 39 heavy (non-hydrogen) atoms. The van der Waals surface area contributed by atoms with Crippen LogP contribution in [0.1, 0.15) is 24.0 Å². The molecule has 2 aromatic heterocycles. The summed E-state index contributed by atoms with van der Waals surface area (Å²) in [4.78, 5) is 27.1. The van der Waals surface area contributed by atoms with Crippen LogP contribution in [-0.2, 0) is 34.5 Å². The fourth-order valence-corrected chi connectivity index (χ4v) is 4.04. The van der Waals surface area contributed by atoms with Gasteiger partial charge in [0.05, 0.1) is 18.4 Å². The fraction of sp³-hybridized carbons (Fsp3) is 0.565. The molecule has 2 aromatic rings. The van der Waals surface area contributed by atoms with Gasteiger partial charge in [0.25, 0.3) is 0 Å². The molecule has 0 amide bonds. The monoisotopic (exact) mass is 569 g/mol. The van der Waals surface area contributed by atoms with Crippen LogP contribution in [-0.4, -0.2) is 97.5 Å². The van der Waals surface area contributed by atoms with E-state index in [-0.39, 0.29) is 5.60 Å². The molecular formula is C23H29F6N5O5. The molecule has 2 aliphatic heterocycles. The first-order valence-corrected chi connectivity index (χ1v) is 11.6. The minimum atomic E-state index is -5.08. The van der Waals surface area contributed by atoms with Crippen LogP contribution in [0.4, 0.5) is 26.3 Å². The van der Waals surface area contributed by atoms with E-state index in [9.17, 15) is 26.3 Å². The minimum absolute atomic E-state index is 0.0336. The number of carbonyl (C=O) groups is 2. The molecule has 16 heteroatoms. The number of likely N-dealkylation sites (tertiary alicyclic amines) is 1. The fourth-order valence-electron chi connectivity index (χ4n) is 4.04. The largest absolute Gasteiger partial charge is 0.490 e. The molecule has 0 unspecified atom stereocenters. The molecule has 0 atom stereocenters. The van der Waals surface area contributed by atoms with E-state index in [1.165, 1.54) is 11.1 Å². The van der Waals surface area contributed by atoms with E-state index in [0.717, 1.165) is 58.7 Å². The smallest absolute Gasteiger partial charge is 0.475 e. The first kappa shape index (κ1) is 32.0. The summed E-state index contributed by atoms with van der Waals surface area (Å²) in [5, 5.41) is 18.5. The SMILES string of the molecule is Cn1cc(CN2CCC3(CC2)CN(Cc2cccnc2)CCO3)cn1.O=C(O)C(F)(F)F.O=C(O)C(F)(F)F. The Morgan fingerprint density at radius 2 is 1.51 bits per heavy atom. The van der Waals surface area contributed by atoms with Crippen LogP contribution in [0.25, 0.3) is 0 Å². The predicted molar refractivity (Wildman–Crippen MR) is 123 cm³/mol. The van der Waals surface area contributed by atoms with E-state index in [4.69, 9.17) is 24.5 Å². The van der Waals surface area contributed by atoms with Crippen LogP contribution in [0.5, 0.6) is 0 Å². The van der Waals surface area contributed by atoms with Crippen LogP contribution in [0.3, 0.4) is 0 Å². The number of morpholine rings is 1. The van der Waals surface area contributed by atoms with Crippen LogP contribution < -0.4 is 0 Å². The summed E-state index contributed by atoms with van der Waals surface area (Å²) in [6.45, 7) is 7.02. The summed E-state index contributed by atoms with van der Waals surface area (Å²) >= 11 is 0. The summed E-state index contributed by atoms with van der Waals surface area (Å²) in [7, 11) is 1.97. The van der Waals surface area contributed by atoms with Gasteiger partial charge >= 0.3 is 24.3 Å². The van der Waals surface area contributed by atoms with Gasteiger partial charge in [-0.15, -0.1) is 0 Å². The number of rotatable bonds is 4. The Kier molecular flexibility index (Phi) is 11.2. The molecule has 2 fully saturated rings. The van der Waals surface area contributed by atoms with Crippen molar-refractivity contribution >= 4 is 11.9 Å². The van der Waals surface area contributed by atoms with Gasteiger partial charge in [-0.3, -0.25) is 19.5 Å². The average Bonchev–Trinajstić information content (AvgIpc) is 3.25. The van der Waals surface area contributed by atoms with Crippen molar-refractivity contribution in [1.29, 1.82) is 0 Å². The van der Waals surface area contributed by atoms with Gasteiger partial charge in [-0.1, -0.05) is 6.07 Å². The zero-order valence-electron chi connectivity index (χ0n) is 21.0. The minimum Gasteiger partial charge on any atom is -0.475 e. The molecule has 0 aromatic carbocycles. The highest BCUT2D eigenvalue weighted by Gasteiger charge is 2.40.